The molecule has 10 nitrogen and oxygen atoms in total. The summed E-state index contributed by atoms with van der Waals surface area (Å²) in [5, 5.41) is 28.7. The molecule has 1 aliphatic rings. The first-order chi connectivity index (χ1) is 18.3. The number of benzene rings is 3. The maximum absolute atomic E-state index is 12.1. The molecule has 190 valence electrons. The third kappa shape index (κ3) is 4.98. The molecule has 1 aliphatic heterocycles. The summed E-state index contributed by atoms with van der Waals surface area (Å²) in [4.78, 5) is 19.7. The minimum Gasteiger partial charge on any atom is -0.454 e. The van der Waals surface area contributed by atoms with Crippen molar-refractivity contribution in [1.29, 1.82) is 5.26 Å². The van der Waals surface area contributed by atoms with E-state index in [1.54, 1.807) is 61.5 Å². The van der Waals surface area contributed by atoms with Crippen molar-refractivity contribution in [2.24, 2.45) is 0 Å². The van der Waals surface area contributed by atoms with Crippen LogP contribution in [0.4, 0.5) is 28.7 Å². The van der Waals surface area contributed by atoms with Crippen LogP contribution in [0.3, 0.4) is 0 Å². The third-order valence-electron chi connectivity index (χ3n) is 5.88. The number of nitro groups is 1. The molecule has 0 saturated carbocycles. The van der Waals surface area contributed by atoms with Gasteiger partial charge in [-0.3, -0.25) is 10.1 Å². The van der Waals surface area contributed by atoms with Gasteiger partial charge in [0, 0.05) is 27.5 Å². The number of hydrogen-bond acceptors (Lipinski definition) is 9. The highest BCUT2D eigenvalue weighted by Gasteiger charge is 2.25. The fraction of sp³-hybridized carbons (Fsp3) is 0.115. The molecule has 0 aliphatic carbocycles. The Morgan fingerprint density at radius 1 is 1.03 bits per heavy atom. The molecular weight excluding hydrogens is 531 g/mol. The lowest BCUT2D eigenvalue weighted by molar-refractivity contribution is -0.383. The second kappa shape index (κ2) is 10.4. The third-order valence-corrected chi connectivity index (χ3v) is 6.46. The van der Waals surface area contributed by atoms with Gasteiger partial charge in [0.25, 0.3) is 0 Å². The number of halogens is 2. The van der Waals surface area contributed by atoms with Crippen molar-refractivity contribution >= 4 is 51.9 Å². The van der Waals surface area contributed by atoms with E-state index in [-0.39, 0.29) is 24.1 Å². The highest BCUT2D eigenvalue weighted by molar-refractivity contribution is 6.32. The van der Waals surface area contributed by atoms with Crippen LogP contribution in [-0.4, -0.2) is 21.7 Å². The largest absolute Gasteiger partial charge is 0.454 e. The highest BCUT2D eigenvalue weighted by Crippen LogP contribution is 2.39. The molecule has 0 spiro atoms. The number of hydrogen-bond donors (Lipinski definition) is 2. The van der Waals surface area contributed by atoms with E-state index >= 15 is 0 Å². The van der Waals surface area contributed by atoms with Gasteiger partial charge in [0.05, 0.1) is 16.9 Å². The van der Waals surface area contributed by atoms with E-state index in [0.717, 1.165) is 5.56 Å². The number of ether oxygens (including phenoxy) is 2. The summed E-state index contributed by atoms with van der Waals surface area (Å²) < 4.78 is 10.7. The second-order valence-corrected chi connectivity index (χ2v) is 9.14. The van der Waals surface area contributed by atoms with E-state index in [2.05, 4.69) is 26.7 Å². The summed E-state index contributed by atoms with van der Waals surface area (Å²) >= 11 is 12.6. The van der Waals surface area contributed by atoms with Gasteiger partial charge in [0.2, 0.25) is 18.4 Å². The van der Waals surface area contributed by atoms with Crippen LogP contribution < -0.4 is 20.1 Å². The zero-order valence-electron chi connectivity index (χ0n) is 19.7. The SMILES string of the molecule is Cc1cc(C(C#N)c2ccc(Cl)cc2)c(Cl)cc1Nc1ncnc(Nc2ccc3c(c2)OCO3)c1[N+](=O)[O-]. The Labute approximate surface area is 226 Å². The summed E-state index contributed by atoms with van der Waals surface area (Å²) in [5.41, 5.74) is 2.70. The minimum absolute atomic E-state index is 0.0148. The van der Waals surface area contributed by atoms with Crippen LogP contribution in [0.15, 0.2) is 60.9 Å². The molecule has 0 saturated heterocycles. The smallest absolute Gasteiger partial charge is 0.353 e. The number of nitrogens with one attached hydrogen (secondary N) is 2. The molecule has 3 aromatic carbocycles. The van der Waals surface area contributed by atoms with E-state index in [1.807, 2.05) is 0 Å². The van der Waals surface area contributed by atoms with Crippen molar-refractivity contribution < 1.29 is 14.4 Å². The normalized spacial score (nSPS) is 12.5. The van der Waals surface area contributed by atoms with Gasteiger partial charge in [0.15, 0.2) is 11.5 Å². The number of aromatic nitrogens is 2. The summed E-state index contributed by atoms with van der Waals surface area (Å²) in [5.74, 6) is 0.428. The van der Waals surface area contributed by atoms with Crippen molar-refractivity contribution in [2.45, 2.75) is 12.8 Å². The number of anilines is 4. The number of fused-ring (bicyclic) bond motifs is 1. The fourth-order valence-electron chi connectivity index (χ4n) is 4.01. The molecule has 1 aromatic heterocycles. The number of nitrogens with zero attached hydrogens (tertiary/aromatic N) is 4. The van der Waals surface area contributed by atoms with Crippen molar-refractivity contribution in [3.63, 3.8) is 0 Å². The van der Waals surface area contributed by atoms with E-state index in [1.165, 1.54) is 6.33 Å². The molecular formula is C26H18Cl2N6O4. The lowest BCUT2D eigenvalue weighted by atomic mass is 9.91. The van der Waals surface area contributed by atoms with Crippen molar-refractivity contribution in [1.82, 2.24) is 9.97 Å². The highest BCUT2D eigenvalue weighted by atomic mass is 35.5. The van der Waals surface area contributed by atoms with Gasteiger partial charge in [-0.2, -0.15) is 5.26 Å². The topological polar surface area (TPSA) is 135 Å². The van der Waals surface area contributed by atoms with Crippen LogP contribution in [-0.2, 0) is 0 Å². The Morgan fingerprint density at radius 2 is 1.74 bits per heavy atom. The molecule has 0 amide bonds. The van der Waals surface area contributed by atoms with Gasteiger partial charge in [-0.15, -0.1) is 0 Å². The fourth-order valence-corrected chi connectivity index (χ4v) is 4.41. The zero-order chi connectivity index (χ0) is 26.8. The van der Waals surface area contributed by atoms with Crippen LogP contribution in [0.1, 0.15) is 22.6 Å². The molecule has 5 rings (SSSR count). The zero-order valence-corrected chi connectivity index (χ0v) is 21.2. The number of nitriles is 1. The first-order valence-electron chi connectivity index (χ1n) is 11.2. The van der Waals surface area contributed by atoms with Crippen LogP contribution in [0.5, 0.6) is 11.5 Å². The van der Waals surface area contributed by atoms with E-state index in [9.17, 15) is 15.4 Å². The lowest BCUT2D eigenvalue weighted by Crippen LogP contribution is -2.07. The molecule has 1 unspecified atom stereocenters. The van der Waals surface area contributed by atoms with Gasteiger partial charge < -0.3 is 20.1 Å². The molecule has 12 heteroatoms. The standard InChI is InChI=1S/C26H18Cl2N6O4/c1-14-8-18(19(11-29)15-2-4-16(27)5-3-15)20(28)10-21(14)33-26-24(34(35)36)25(30-12-31-26)32-17-6-7-22-23(9-17)38-13-37-22/h2-10,12,19H,13H2,1H3,(H2,30,31,32,33). The second-order valence-electron chi connectivity index (χ2n) is 8.30. The van der Waals surface area contributed by atoms with Gasteiger partial charge in [-0.25, -0.2) is 9.97 Å². The quantitative estimate of drug-likeness (QED) is 0.187. The number of rotatable bonds is 7. The Morgan fingerprint density at radius 3 is 2.45 bits per heavy atom. The Balaban J connectivity index is 1.46. The summed E-state index contributed by atoms with van der Waals surface area (Å²) in [7, 11) is 0. The molecule has 0 radical (unpaired) electrons. The van der Waals surface area contributed by atoms with Crippen molar-refractivity contribution in [3.8, 4) is 17.6 Å². The average Bonchev–Trinajstić information content (AvgIpc) is 3.36. The molecule has 1 atom stereocenters. The molecule has 2 heterocycles. The van der Waals surface area contributed by atoms with Crippen LogP contribution in [0, 0.1) is 28.4 Å². The Bertz CT molecular complexity index is 1590. The van der Waals surface area contributed by atoms with Gasteiger partial charge >= 0.3 is 5.69 Å². The molecule has 0 fully saturated rings. The van der Waals surface area contributed by atoms with Crippen LogP contribution >= 0.6 is 23.2 Å². The van der Waals surface area contributed by atoms with E-state index < -0.39 is 10.8 Å². The van der Waals surface area contributed by atoms with E-state index in [0.29, 0.717) is 44.0 Å². The van der Waals surface area contributed by atoms with Gasteiger partial charge in [-0.05, 0) is 53.9 Å². The first-order valence-corrected chi connectivity index (χ1v) is 12.0. The van der Waals surface area contributed by atoms with Gasteiger partial charge in [0.1, 0.15) is 6.33 Å². The van der Waals surface area contributed by atoms with Crippen molar-refractivity contribution in [2.75, 3.05) is 17.4 Å². The average molecular weight is 549 g/mol. The Hall–Kier alpha value is -4.59. The van der Waals surface area contributed by atoms with Gasteiger partial charge in [-0.1, -0.05) is 41.4 Å². The van der Waals surface area contributed by atoms with Crippen LogP contribution in [0.2, 0.25) is 10.0 Å². The monoisotopic (exact) mass is 548 g/mol. The Kier molecular flexibility index (Phi) is 6.87. The molecule has 0 bridgehead atoms. The summed E-state index contributed by atoms with van der Waals surface area (Å²) in [6, 6.07) is 17.7. The predicted octanol–water partition coefficient (Wildman–Crippen LogP) is 6.87. The molecule has 2 N–H and O–H groups in total. The predicted molar refractivity (Wildman–Crippen MR) is 143 cm³/mol. The molecule has 38 heavy (non-hydrogen) atoms. The maximum Gasteiger partial charge on any atom is 0.353 e. The lowest BCUT2D eigenvalue weighted by Gasteiger charge is -2.17. The van der Waals surface area contributed by atoms with Crippen molar-refractivity contribution in [3.05, 3.63) is 97.8 Å². The molecule has 4 aromatic rings. The maximum atomic E-state index is 12.1. The first kappa shape index (κ1) is 25.1. The van der Waals surface area contributed by atoms with Crippen LogP contribution in [0.25, 0.3) is 0 Å². The number of aryl methyl sites for hydroxylation is 1. The summed E-state index contributed by atoms with van der Waals surface area (Å²) in [6.07, 6.45) is 1.21. The summed E-state index contributed by atoms with van der Waals surface area (Å²) in [6.45, 7) is 1.91. The van der Waals surface area contributed by atoms with E-state index in [4.69, 9.17) is 32.7 Å². The minimum atomic E-state index is -0.626.